The highest BCUT2D eigenvalue weighted by Crippen LogP contribution is 2.16. The summed E-state index contributed by atoms with van der Waals surface area (Å²) in [6, 6.07) is 0.120. The maximum Gasteiger partial charge on any atom is 0.214 e. The Morgan fingerprint density at radius 2 is 1.67 bits per heavy atom. The largest absolute Gasteiger partial charge is 0.357 e. The molecule has 0 bridgehead atoms. The van der Waals surface area contributed by atoms with Crippen molar-refractivity contribution in [1.82, 2.24) is 14.9 Å². The predicted molar refractivity (Wildman–Crippen MR) is 111 cm³/mol. The molecule has 1 aliphatic heterocycles. The minimum atomic E-state index is -3.21. The highest BCUT2D eigenvalue weighted by atomic mass is 32.2. The molecule has 0 amide bonds. The molecule has 1 heterocycles. The normalized spacial score (nSPS) is 18.5. The molecule has 1 fully saturated rings. The van der Waals surface area contributed by atoms with E-state index in [1.165, 1.54) is 0 Å². The van der Waals surface area contributed by atoms with Gasteiger partial charge in [0.15, 0.2) is 15.8 Å². The van der Waals surface area contributed by atoms with Gasteiger partial charge in [-0.2, -0.15) is 0 Å². The van der Waals surface area contributed by atoms with Crippen LogP contribution in [0.4, 0.5) is 0 Å². The fraction of sp³-hybridized carbons (Fsp3) is 0.941. The van der Waals surface area contributed by atoms with Crippen molar-refractivity contribution in [3.8, 4) is 0 Å². The lowest BCUT2D eigenvalue weighted by molar-refractivity contribution is 0.306. The Balaban J connectivity index is 2.61. The first-order chi connectivity index (χ1) is 12.4. The quantitative estimate of drug-likeness (QED) is 0.444. The van der Waals surface area contributed by atoms with E-state index in [4.69, 9.17) is 0 Å². The second kappa shape index (κ2) is 10.1. The Morgan fingerprint density at radius 3 is 2.15 bits per heavy atom. The lowest BCUT2D eigenvalue weighted by Gasteiger charge is -2.32. The van der Waals surface area contributed by atoms with Gasteiger partial charge in [0.1, 0.15) is 0 Å². The van der Waals surface area contributed by atoms with Gasteiger partial charge in [0.25, 0.3) is 0 Å². The van der Waals surface area contributed by atoms with E-state index in [9.17, 15) is 16.8 Å². The third kappa shape index (κ3) is 7.57. The zero-order chi connectivity index (χ0) is 20.7. The molecule has 27 heavy (non-hydrogen) atoms. The molecule has 0 aliphatic carbocycles. The molecule has 2 N–H and O–H groups in total. The molecular formula is C17H36N4O4S2. The van der Waals surface area contributed by atoms with Crippen molar-refractivity contribution in [2.24, 2.45) is 4.99 Å². The molecule has 0 aromatic heterocycles. The lowest BCUT2D eigenvalue weighted by Crippen LogP contribution is -2.50. The third-order valence-electron chi connectivity index (χ3n) is 4.56. The number of nitrogens with one attached hydrogen (secondary N) is 2. The third-order valence-corrected chi connectivity index (χ3v) is 9.22. The van der Waals surface area contributed by atoms with Crippen LogP contribution in [-0.2, 0) is 19.9 Å². The minimum Gasteiger partial charge on any atom is -0.357 e. The number of hydrogen-bond acceptors (Lipinski definition) is 5. The summed E-state index contributed by atoms with van der Waals surface area (Å²) >= 11 is 0. The first kappa shape index (κ1) is 24.2. The Labute approximate surface area is 165 Å². The lowest BCUT2D eigenvalue weighted by atomic mass is 10.1. The summed E-state index contributed by atoms with van der Waals surface area (Å²) in [5.74, 6) is 0.773. The summed E-state index contributed by atoms with van der Waals surface area (Å²) < 4.78 is 49.5. The van der Waals surface area contributed by atoms with Crippen LogP contribution in [0.1, 0.15) is 53.9 Å². The summed E-state index contributed by atoms with van der Waals surface area (Å²) in [5, 5.41) is 6.44. The van der Waals surface area contributed by atoms with Gasteiger partial charge in [-0.25, -0.2) is 21.1 Å². The predicted octanol–water partition coefficient (Wildman–Crippen LogP) is 0.959. The van der Waals surface area contributed by atoms with Crippen LogP contribution in [0.5, 0.6) is 0 Å². The number of piperidine rings is 1. The van der Waals surface area contributed by atoms with Crippen LogP contribution in [0.25, 0.3) is 0 Å². The number of hydrogen-bond donors (Lipinski definition) is 2. The van der Waals surface area contributed by atoms with E-state index in [2.05, 4.69) is 15.6 Å². The summed E-state index contributed by atoms with van der Waals surface area (Å²) in [5.41, 5.74) is 0. The fourth-order valence-electron chi connectivity index (χ4n) is 2.76. The Bertz CT molecular complexity index is 689. The molecule has 0 unspecified atom stereocenters. The van der Waals surface area contributed by atoms with Gasteiger partial charge in [-0.1, -0.05) is 6.92 Å². The maximum absolute atomic E-state index is 12.2. The summed E-state index contributed by atoms with van der Waals surface area (Å²) in [7, 11) is -6.35. The van der Waals surface area contributed by atoms with Crippen molar-refractivity contribution in [2.75, 3.05) is 37.7 Å². The van der Waals surface area contributed by atoms with Gasteiger partial charge < -0.3 is 10.6 Å². The van der Waals surface area contributed by atoms with Crippen LogP contribution >= 0.6 is 0 Å². The topological polar surface area (TPSA) is 108 Å². The number of rotatable bonds is 8. The van der Waals surface area contributed by atoms with Crippen LogP contribution in [0, 0.1) is 0 Å². The first-order valence-corrected chi connectivity index (χ1v) is 12.9. The van der Waals surface area contributed by atoms with E-state index in [1.54, 1.807) is 25.1 Å². The smallest absolute Gasteiger partial charge is 0.214 e. The summed E-state index contributed by atoms with van der Waals surface area (Å²) in [4.78, 5) is 4.39. The molecule has 160 valence electrons. The molecule has 10 heteroatoms. The van der Waals surface area contributed by atoms with E-state index in [-0.39, 0.29) is 24.1 Å². The van der Waals surface area contributed by atoms with Gasteiger partial charge in [-0.05, 0) is 47.0 Å². The van der Waals surface area contributed by atoms with Crippen molar-refractivity contribution in [3.63, 3.8) is 0 Å². The summed E-state index contributed by atoms with van der Waals surface area (Å²) in [6.07, 6.45) is 2.02. The molecule has 1 aliphatic rings. The van der Waals surface area contributed by atoms with Crippen molar-refractivity contribution in [2.45, 2.75) is 64.7 Å². The highest BCUT2D eigenvalue weighted by molar-refractivity contribution is 7.92. The van der Waals surface area contributed by atoms with Crippen molar-refractivity contribution in [3.05, 3.63) is 0 Å². The standard InChI is InChI=1S/C17H36N4O4S2/c1-6-13-27(24,25)21-11-8-15(9-12-21)20-16(18-7-2)19-10-14-26(22,23)17(3,4)5/h15H,6-14H2,1-5H3,(H2,18,19,20). The average molecular weight is 425 g/mol. The van der Waals surface area contributed by atoms with E-state index in [0.29, 0.717) is 44.9 Å². The van der Waals surface area contributed by atoms with Crippen LogP contribution in [0.2, 0.25) is 0 Å². The SMILES string of the molecule is CCCS(=O)(=O)N1CCC(NC(=NCCS(=O)(=O)C(C)(C)C)NCC)CC1. The molecular weight excluding hydrogens is 388 g/mol. The Morgan fingerprint density at radius 1 is 1.07 bits per heavy atom. The number of nitrogens with zero attached hydrogens (tertiary/aromatic N) is 2. The monoisotopic (exact) mass is 424 g/mol. The zero-order valence-electron chi connectivity index (χ0n) is 17.3. The molecule has 0 saturated carbocycles. The van der Waals surface area contributed by atoms with Crippen LogP contribution in [0.15, 0.2) is 4.99 Å². The Hall–Kier alpha value is -0.870. The number of sulfone groups is 1. The van der Waals surface area contributed by atoms with Crippen LogP contribution < -0.4 is 10.6 Å². The maximum atomic E-state index is 12.2. The number of aliphatic imine (C=N–C) groups is 1. The molecule has 0 aromatic carbocycles. The molecule has 8 nitrogen and oxygen atoms in total. The van der Waals surface area contributed by atoms with Gasteiger partial charge in [0.05, 0.1) is 22.8 Å². The second-order valence-electron chi connectivity index (χ2n) is 7.83. The second-order valence-corrected chi connectivity index (χ2v) is 12.8. The van der Waals surface area contributed by atoms with Gasteiger partial charge in [0.2, 0.25) is 10.0 Å². The number of sulfonamides is 1. The molecule has 0 atom stereocenters. The molecule has 0 spiro atoms. The summed E-state index contributed by atoms with van der Waals surface area (Å²) in [6.45, 7) is 10.7. The number of guanidine groups is 1. The van der Waals surface area contributed by atoms with Crippen molar-refractivity contribution < 1.29 is 16.8 Å². The van der Waals surface area contributed by atoms with Gasteiger partial charge >= 0.3 is 0 Å². The molecule has 0 aromatic rings. The first-order valence-electron chi connectivity index (χ1n) is 9.68. The van der Waals surface area contributed by atoms with Gasteiger partial charge in [0, 0.05) is 25.7 Å². The van der Waals surface area contributed by atoms with Crippen molar-refractivity contribution in [1.29, 1.82) is 0 Å². The molecule has 1 saturated heterocycles. The van der Waals surface area contributed by atoms with Gasteiger partial charge in [-0.15, -0.1) is 0 Å². The minimum absolute atomic E-state index is 0.000774. The highest BCUT2D eigenvalue weighted by Gasteiger charge is 2.29. The zero-order valence-corrected chi connectivity index (χ0v) is 18.9. The van der Waals surface area contributed by atoms with E-state index < -0.39 is 24.6 Å². The van der Waals surface area contributed by atoms with Gasteiger partial charge in [-0.3, -0.25) is 4.99 Å². The molecule has 1 rings (SSSR count). The van der Waals surface area contributed by atoms with E-state index >= 15 is 0 Å². The average Bonchev–Trinajstić information content (AvgIpc) is 2.54. The van der Waals surface area contributed by atoms with E-state index in [1.807, 2.05) is 13.8 Å². The van der Waals surface area contributed by atoms with E-state index in [0.717, 1.165) is 0 Å². The fourth-order valence-corrected chi connectivity index (χ4v) is 5.25. The van der Waals surface area contributed by atoms with Crippen LogP contribution in [-0.4, -0.2) is 75.6 Å². The van der Waals surface area contributed by atoms with Crippen LogP contribution in [0.3, 0.4) is 0 Å². The van der Waals surface area contributed by atoms with Crippen molar-refractivity contribution >= 4 is 25.8 Å². The molecule has 0 radical (unpaired) electrons. The Kier molecular flexibility index (Phi) is 9.01.